The number of carbonyl (C=O) groups excluding carboxylic acids is 2. The smallest absolute Gasteiger partial charge is 0.259 e. The molecule has 0 radical (unpaired) electrons. The van der Waals surface area contributed by atoms with Crippen molar-refractivity contribution in [2.24, 2.45) is 0 Å². The molecule has 0 bridgehead atoms. The largest absolute Gasteiger partial charge is 0.484 e. The lowest BCUT2D eigenvalue weighted by molar-refractivity contribution is -0.130. The molecule has 3 rings (SSSR count). The molecule has 0 spiro atoms. The molecule has 0 fully saturated rings. The van der Waals surface area contributed by atoms with Crippen LogP contribution in [-0.4, -0.2) is 47.1 Å². The van der Waals surface area contributed by atoms with Crippen LogP contribution in [0.2, 0.25) is 5.15 Å². The lowest BCUT2D eigenvalue weighted by atomic mass is 10.1. The first-order valence-electron chi connectivity index (χ1n) is 9.42. The molecule has 0 aliphatic rings. The summed E-state index contributed by atoms with van der Waals surface area (Å²) in [6, 6.07) is 12.3. The first-order chi connectivity index (χ1) is 14.8. The summed E-state index contributed by atoms with van der Waals surface area (Å²) in [5, 5.41) is 4.69. The van der Waals surface area contributed by atoms with Crippen LogP contribution in [0.1, 0.15) is 21.6 Å². The Bertz CT molecular complexity index is 1120. The molecule has 0 N–H and O–H groups in total. The van der Waals surface area contributed by atoms with Crippen molar-refractivity contribution in [1.82, 2.24) is 14.7 Å². The fraction of sp³-hybridized carbons (Fsp3) is 0.174. The molecule has 6 nitrogen and oxygen atoms in total. The number of amides is 1. The Labute approximate surface area is 184 Å². The fourth-order valence-electron chi connectivity index (χ4n) is 2.70. The normalized spacial score (nSPS) is 11.0. The highest BCUT2D eigenvalue weighted by molar-refractivity contribution is 6.31. The number of hydrogen-bond donors (Lipinski definition) is 0. The van der Waals surface area contributed by atoms with Crippen molar-refractivity contribution >= 4 is 29.4 Å². The molecular weight excluding hydrogens is 421 g/mol. The molecule has 0 unspecified atom stereocenters. The third-order valence-electron chi connectivity index (χ3n) is 4.52. The van der Waals surface area contributed by atoms with Gasteiger partial charge in [0, 0.05) is 25.2 Å². The number of aryl methyl sites for hydroxylation is 1. The van der Waals surface area contributed by atoms with E-state index in [0.717, 1.165) is 0 Å². The number of rotatable bonds is 7. The average molecular weight is 442 g/mol. The number of halogens is 2. The third kappa shape index (κ3) is 5.38. The molecule has 1 heterocycles. The van der Waals surface area contributed by atoms with Gasteiger partial charge in [-0.1, -0.05) is 11.6 Å². The quantitative estimate of drug-likeness (QED) is 0.404. The lowest BCUT2D eigenvalue weighted by Gasteiger charge is -2.11. The topological polar surface area (TPSA) is 64.4 Å². The number of nitrogens with zero attached hydrogens (tertiary/aromatic N) is 3. The van der Waals surface area contributed by atoms with Gasteiger partial charge in [-0.05, 0) is 67.6 Å². The van der Waals surface area contributed by atoms with Gasteiger partial charge in [0.1, 0.15) is 16.7 Å². The van der Waals surface area contributed by atoms with Crippen molar-refractivity contribution in [3.05, 3.63) is 82.4 Å². The summed E-state index contributed by atoms with van der Waals surface area (Å²) < 4.78 is 20.0. The molecule has 31 heavy (non-hydrogen) atoms. The molecule has 2 aromatic carbocycles. The van der Waals surface area contributed by atoms with Gasteiger partial charge in [-0.25, -0.2) is 9.07 Å². The van der Waals surface area contributed by atoms with Crippen LogP contribution in [0.25, 0.3) is 11.8 Å². The molecule has 0 aliphatic heterocycles. The third-order valence-corrected chi connectivity index (χ3v) is 4.88. The van der Waals surface area contributed by atoms with E-state index in [9.17, 15) is 14.0 Å². The van der Waals surface area contributed by atoms with Crippen molar-refractivity contribution in [3.8, 4) is 11.4 Å². The molecule has 160 valence electrons. The fourth-order valence-corrected chi connectivity index (χ4v) is 3.03. The number of likely N-dealkylation sites (N-methyl/N-ethyl adjacent to an activating group) is 1. The van der Waals surface area contributed by atoms with Crippen molar-refractivity contribution in [3.63, 3.8) is 0 Å². The van der Waals surface area contributed by atoms with Crippen LogP contribution in [0, 0.1) is 12.7 Å². The minimum atomic E-state index is -0.352. The van der Waals surface area contributed by atoms with Crippen LogP contribution < -0.4 is 4.74 Å². The Hall–Kier alpha value is -3.45. The van der Waals surface area contributed by atoms with Crippen molar-refractivity contribution in [2.75, 3.05) is 20.7 Å². The van der Waals surface area contributed by atoms with Gasteiger partial charge in [-0.2, -0.15) is 5.10 Å². The first kappa shape index (κ1) is 22.2. The van der Waals surface area contributed by atoms with Crippen molar-refractivity contribution in [2.45, 2.75) is 6.92 Å². The van der Waals surface area contributed by atoms with E-state index in [2.05, 4.69) is 5.10 Å². The van der Waals surface area contributed by atoms with Gasteiger partial charge in [0.25, 0.3) is 5.91 Å². The Morgan fingerprint density at radius 2 is 1.77 bits per heavy atom. The number of hydrogen-bond acceptors (Lipinski definition) is 4. The van der Waals surface area contributed by atoms with Crippen LogP contribution >= 0.6 is 11.6 Å². The maximum atomic E-state index is 13.2. The van der Waals surface area contributed by atoms with Gasteiger partial charge >= 0.3 is 0 Å². The number of aromatic nitrogens is 2. The summed E-state index contributed by atoms with van der Waals surface area (Å²) in [5.41, 5.74) is 2.31. The zero-order chi connectivity index (χ0) is 22.5. The molecule has 3 aromatic rings. The molecule has 0 saturated carbocycles. The summed E-state index contributed by atoms with van der Waals surface area (Å²) in [6.07, 6.45) is 3.02. The van der Waals surface area contributed by atoms with Gasteiger partial charge in [-0.15, -0.1) is 0 Å². The van der Waals surface area contributed by atoms with E-state index in [1.807, 2.05) is 0 Å². The van der Waals surface area contributed by atoms with E-state index in [4.69, 9.17) is 16.3 Å². The number of carbonyl (C=O) groups is 2. The minimum Gasteiger partial charge on any atom is -0.484 e. The van der Waals surface area contributed by atoms with E-state index < -0.39 is 0 Å². The second kappa shape index (κ2) is 9.57. The highest BCUT2D eigenvalue weighted by Crippen LogP contribution is 2.25. The summed E-state index contributed by atoms with van der Waals surface area (Å²) in [7, 11) is 3.30. The van der Waals surface area contributed by atoms with Gasteiger partial charge in [0.15, 0.2) is 12.4 Å². The second-order valence-corrected chi connectivity index (χ2v) is 7.33. The monoisotopic (exact) mass is 441 g/mol. The zero-order valence-electron chi connectivity index (χ0n) is 17.3. The molecule has 0 atom stereocenters. The van der Waals surface area contributed by atoms with Crippen LogP contribution in [0.3, 0.4) is 0 Å². The predicted octanol–water partition coefficient (Wildman–Crippen LogP) is 4.34. The van der Waals surface area contributed by atoms with Crippen molar-refractivity contribution in [1.29, 1.82) is 0 Å². The Balaban J connectivity index is 1.71. The molecule has 8 heteroatoms. The maximum absolute atomic E-state index is 13.2. The highest BCUT2D eigenvalue weighted by atomic mass is 35.5. The molecule has 1 aromatic heterocycles. The molecule has 1 amide bonds. The summed E-state index contributed by atoms with van der Waals surface area (Å²) in [4.78, 5) is 25.5. The summed E-state index contributed by atoms with van der Waals surface area (Å²) >= 11 is 6.43. The molecular formula is C23H21ClFN3O3. The Kier molecular flexibility index (Phi) is 6.87. The number of ketones is 1. The summed E-state index contributed by atoms with van der Waals surface area (Å²) in [5.74, 6) is -0.234. The van der Waals surface area contributed by atoms with E-state index in [0.29, 0.717) is 33.4 Å². The predicted molar refractivity (Wildman–Crippen MR) is 117 cm³/mol. The van der Waals surface area contributed by atoms with Gasteiger partial charge in [0.2, 0.25) is 0 Å². The Morgan fingerprint density at radius 1 is 1.13 bits per heavy atom. The van der Waals surface area contributed by atoms with Crippen LogP contribution in [0.4, 0.5) is 4.39 Å². The van der Waals surface area contributed by atoms with E-state index in [1.54, 1.807) is 63.5 Å². The Morgan fingerprint density at radius 3 is 2.39 bits per heavy atom. The van der Waals surface area contributed by atoms with Crippen molar-refractivity contribution < 1.29 is 18.7 Å². The van der Waals surface area contributed by atoms with E-state index >= 15 is 0 Å². The lowest BCUT2D eigenvalue weighted by Crippen LogP contribution is -2.27. The highest BCUT2D eigenvalue weighted by Gasteiger charge is 2.13. The number of ether oxygens (including phenoxy) is 1. The van der Waals surface area contributed by atoms with Crippen LogP contribution in [-0.2, 0) is 4.79 Å². The zero-order valence-corrected chi connectivity index (χ0v) is 18.1. The number of benzene rings is 2. The van der Waals surface area contributed by atoms with E-state index in [1.165, 1.54) is 27.8 Å². The van der Waals surface area contributed by atoms with Crippen LogP contribution in [0.5, 0.6) is 5.75 Å². The standard InChI is InChI=1S/C23H21ClFN3O3/c1-15-20(23(24)28(26-15)18-8-6-17(25)7-9-18)12-13-21(29)16-4-10-19(11-5-16)31-14-22(30)27(2)3/h4-13H,14H2,1-3H3/b13-12+. The SMILES string of the molecule is Cc1nn(-c2ccc(F)cc2)c(Cl)c1/C=C/C(=O)c1ccc(OCC(=O)N(C)C)cc1. The second-order valence-electron chi connectivity index (χ2n) is 6.98. The van der Waals surface area contributed by atoms with Gasteiger partial charge in [0.05, 0.1) is 11.4 Å². The van der Waals surface area contributed by atoms with Gasteiger partial charge < -0.3 is 9.64 Å². The number of allylic oxidation sites excluding steroid dienone is 1. The minimum absolute atomic E-state index is 0.0734. The first-order valence-corrected chi connectivity index (χ1v) is 9.80. The average Bonchev–Trinajstić information content (AvgIpc) is 3.04. The van der Waals surface area contributed by atoms with Crippen LogP contribution in [0.15, 0.2) is 54.6 Å². The summed E-state index contributed by atoms with van der Waals surface area (Å²) in [6.45, 7) is 1.70. The molecule has 0 aliphatic carbocycles. The van der Waals surface area contributed by atoms with E-state index in [-0.39, 0.29) is 24.1 Å². The molecule has 0 saturated heterocycles. The maximum Gasteiger partial charge on any atom is 0.259 e. The van der Waals surface area contributed by atoms with Gasteiger partial charge in [-0.3, -0.25) is 9.59 Å².